The Morgan fingerprint density at radius 2 is 2.00 bits per heavy atom. The first kappa shape index (κ1) is 12.7. The molecular formula is C14H19N3O2S. The molecule has 1 aromatic heterocycles. The summed E-state index contributed by atoms with van der Waals surface area (Å²) in [4.78, 5) is 12.2. The van der Waals surface area contributed by atoms with Crippen LogP contribution in [0.5, 0.6) is 0 Å². The topological polar surface area (TPSA) is 58.4 Å². The molecule has 3 atom stereocenters. The first-order valence-corrected chi connectivity index (χ1v) is 7.85. The van der Waals surface area contributed by atoms with Gasteiger partial charge in [-0.05, 0) is 38.5 Å². The van der Waals surface area contributed by atoms with Gasteiger partial charge in [-0.1, -0.05) is 18.0 Å². The van der Waals surface area contributed by atoms with Gasteiger partial charge in [-0.2, -0.15) is 0 Å². The Morgan fingerprint density at radius 3 is 2.65 bits per heavy atom. The van der Waals surface area contributed by atoms with Crippen LogP contribution in [0.15, 0.2) is 10.6 Å². The lowest BCUT2D eigenvalue weighted by Gasteiger charge is -2.35. The maximum Gasteiger partial charge on any atom is 0.273 e. The number of hydrogen-bond acceptors (Lipinski definition) is 5. The summed E-state index contributed by atoms with van der Waals surface area (Å²) < 4.78 is 7.41. The van der Waals surface area contributed by atoms with Gasteiger partial charge >= 0.3 is 0 Å². The van der Waals surface area contributed by atoms with Crippen molar-refractivity contribution in [1.29, 1.82) is 0 Å². The molecule has 20 heavy (non-hydrogen) atoms. The van der Waals surface area contributed by atoms with E-state index in [1.165, 1.54) is 12.8 Å². The second-order valence-electron chi connectivity index (χ2n) is 6.30. The van der Waals surface area contributed by atoms with Crippen molar-refractivity contribution < 1.29 is 9.32 Å². The lowest BCUT2D eigenvalue weighted by molar-refractivity contribution is 0.0902. The smallest absolute Gasteiger partial charge is 0.273 e. The highest BCUT2D eigenvalue weighted by molar-refractivity contribution is 7.77. The third-order valence-corrected chi connectivity index (χ3v) is 5.42. The minimum atomic E-state index is -0.0994. The number of thiol groups is 1. The number of piperidine rings is 1. The molecule has 1 saturated carbocycles. The van der Waals surface area contributed by atoms with Crippen molar-refractivity contribution in [3.05, 3.63) is 17.5 Å². The number of rotatable bonds is 3. The predicted molar refractivity (Wildman–Crippen MR) is 76.6 cm³/mol. The molecule has 1 amide bonds. The minimum Gasteiger partial charge on any atom is -0.360 e. The second-order valence-corrected chi connectivity index (χ2v) is 6.76. The summed E-state index contributed by atoms with van der Waals surface area (Å²) in [6.07, 6.45) is 6.66. The summed E-state index contributed by atoms with van der Waals surface area (Å²) in [5.41, 5.74) is 0.424. The molecule has 108 valence electrons. The Balaban J connectivity index is 1.39. The predicted octanol–water partition coefficient (Wildman–Crippen LogP) is 2.12. The molecule has 1 aromatic rings. The van der Waals surface area contributed by atoms with Crippen molar-refractivity contribution in [1.82, 2.24) is 14.8 Å². The average molecular weight is 293 g/mol. The largest absolute Gasteiger partial charge is 0.360 e. The van der Waals surface area contributed by atoms with Gasteiger partial charge in [-0.15, -0.1) is 0 Å². The number of nitrogens with zero attached hydrogens (tertiary/aromatic N) is 2. The normalized spacial score (nSPS) is 33.4. The molecule has 3 heterocycles. The van der Waals surface area contributed by atoms with Gasteiger partial charge in [0.2, 0.25) is 0 Å². The lowest BCUT2D eigenvalue weighted by Crippen LogP contribution is -2.47. The van der Waals surface area contributed by atoms with Gasteiger partial charge in [0, 0.05) is 30.1 Å². The molecular weight excluding hydrogens is 274 g/mol. The fourth-order valence-electron chi connectivity index (χ4n) is 3.49. The van der Waals surface area contributed by atoms with E-state index in [-0.39, 0.29) is 11.9 Å². The van der Waals surface area contributed by atoms with E-state index in [1.807, 2.05) is 0 Å². The molecule has 2 bridgehead atoms. The molecule has 2 saturated heterocycles. The van der Waals surface area contributed by atoms with E-state index in [9.17, 15) is 4.79 Å². The molecule has 3 fully saturated rings. The molecule has 1 N–H and O–H groups in total. The van der Waals surface area contributed by atoms with E-state index < -0.39 is 0 Å². The molecule has 0 spiro atoms. The monoisotopic (exact) mass is 293 g/mol. The zero-order valence-electron chi connectivity index (χ0n) is 11.3. The van der Waals surface area contributed by atoms with Crippen molar-refractivity contribution >= 4 is 18.7 Å². The summed E-state index contributed by atoms with van der Waals surface area (Å²) in [5, 5.41) is 7.01. The van der Waals surface area contributed by atoms with Crippen molar-refractivity contribution in [2.75, 3.05) is 0 Å². The maximum absolute atomic E-state index is 12.2. The number of aromatic nitrogens is 1. The fraction of sp³-hybridized carbons (Fsp3) is 0.714. The van der Waals surface area contributed by atoms with Gasteiger partial charge in [-0.3, -0.25) is 4.79 Å². The Kier molecular flexibility index (Phi) is 3.03. The zero-order chi connectivity index (χ0) is 13.7. The molecule has 4 rings (SSSR count). The van der Waals surface area contributed by atoms with Gasteiger partial charge in [0.25, 0.3) is 5.91 Å². The van der Waals surface area contributed by atoms with Crippen LogP contribution in [0.2, 0.25) is 0 Å². The Morgan fingerprint density at radius 1 is 1.30 bits per heavy atom. The molecule has 0 radical (unpaired) electrons. The van der Waals surface area contributed by atoms with Crippen LogP contribution < -0.4 is 5.32 Å². The van der Waals surface area contributed by atoms with Crippen LogP contribution in [0.25, 0.3) is 0 Å². The highest BCUT2D eigenvalue weighted by Crippen LogP contribution is 2.40. The van der Waals surface area contributed by atoms with Crippen molar-refractivity contribution in [2.24, 2.45) is 0 Å². The molecule has 0 aromatic carbocycles. The van der Waals surface area contributed by atoms with Crippen LogP contribution in [0.4, 0.5) is 0 Å². The standard InChI is InChI=1S/C14H19N3O2S/c18-14(12-7-13(19-16-12)8-1-2-8)15-9-5-10-3-4-11(6-9)17(10)20/h7-11,20H,1-6H2,(H,15,18)/t9?,10-,11+. The summed E-state index contributed by atoms with van der Waals surface area (Å²) >= 11 is 4.54. The lowest BCUT2D eigenvalue weighted by atomic mass is 9.99. The van der Waals surface area contributed by atoms with E-state index in [4.69, 9.17) is 4.52 Å². The Bertz CT molecular complexity index is 514. The van der Waals surface area contributed by atoms with Gasteiger partial charge in [0.05, 0.1) is 0 Å². The minimum absolute atomic E-state index is 0.0994. The highest BCUT2D eigenvalue weighted by Gasteiger charge is 2.40. The van der Waals surface area contributed by atoms with E-state index in [2.05, 4.69) is 27.6 Å². The number of carbonyl (C=O) groups is 1. The van der Waals surface area contributed by atoms with Crippen LogP contribution in [0, 0.1) is 0 Å². The third-order valence-electron chi connectivity index (χ3n) is 4.77. The summed E-state index contributed by atoms with van der Waals surface area (Å²) in [5.74, 6) is 1.25. The quantitative estimate of drug-likeness (QED) is 0.838. The summed E-state index contributed by atoms with van der Waals surface area (Å²) in [7, 11) is 0. The van der Waals surface area contributed by atoms with Gasteiger partial charge in [-0.25, -0.2) is 4.31 Å². The van der Waals surface area contributed by atoms with E-state index in [0.29, 0.717) is 23.7 Å². The van der Waals surface area contributed by atoms with Crippen LogP contribution in [-0.4, -0.2) is 33.5 Å². The Hall–Kier alpha value is -1.01. The zero-order valence-corrected chi connectivity index (χ0v) is 12.2. The number of amides is 1. The number of fused-ring (bicyclic) bond motifs is 2. The summed E-state index contributed by atoms with van der Waals surface area (Å²) in [6.45, 7) is 0. The number of nitrogens with one attached hydrogen (secondary N) is 1. The van der Waals surface area contributed by atoms with Crippen LogP contribution >= 0.6 is 12.8 Å². The summed E-state index contributed by atoms with van der Waals surface area (Å²) in [6, 6.07) is 3.04. The van der Waals surface area contributed by atoms with Gasteiger partial charge in [0.1, 0.15) is 5.76 Å². The molecule has 5 nitrogen and oxygen atoms in total. The maximum atomic E-state index is 12.2. The van der Waals surface area contributed by atoms with E-state index in [0.717, 1.165) is 31.4 Å². The molecule has 2 aliphatic heterocycles. The third kappa shape index (κ3) is 2.24. The fourth-order valence-corrected chi connectivity index (χ4v) is 3.91. The van der Waals surface area contributed by atoms with E-state index >= 15 is 0 Å². The molecule has 1 aliphatic carbocycles. The van der Waals surface area contributed by atoms with Crippen LogP contribution in [0.3, 0.4) is 0 Å². The highest BCUT2D eigenvalue weighted by atomic mass is 32.1. The Labute approximate surface area is 123 Å². The SMILES string of the molecule is O=C(NC1C[C@H]2CC[C@@H](C1)N2S)c1cc(C2CC2)on1. The van der Waals surface area contributed by atoms with Crippen LogP contribution in [0.1, 0.15) is 60.7 Å². The van der Waals surface area contributed by atoms with Crippen molar-refractivity contribution in [3.63, 3.8) is 0 Å². The molecule has 1 unspecified atom stereocenters. The first-order valence-electron chi connectivity index (χ1n) is 7.45. The number of carbonyl (C=O) groups excluding carboxylic acids is 1. The van der Waals surface area contributed by atoms with Crippen molar-refractivity contribution in [2.45, 2.75) is 62.6 Å². The average Bonchev–Trinajstić information content (AvgIpc) is 3.13. The van der Waals surface area contributed by atoms with Gasteiger partial charge in [0.15, 0.2) is 5.69 Å². The molecule has 3 aliphatic rings. The first-order chi connectivity index (χ1) is 9.70. The van der Waals surface area contributed by atoms with E-state index in [1.54, 1.807) is 6.07 Å². The van der Waals surface area contributed by atoms with Gasteiger partial charge < -0.3 is 9.84 Å². The van der Waals surface area contributed by atoms with Crippen molar-refractivity contribution in [3.8, 4) is 0 Å². The molecule has 6 heteroatoms. The number of hydrogen-bond donors (Lipinski definition) is 2. The second kappa shape index (κ2) is 4.77. The van der Waals surface area contributed by atoms with Crippen LogP contribution in [-0.2, 0) is 0 Å².